The molecule has 1 heterocycles. The highest BCUT2D eigenvalue weighted by molar-refractivity contribution is 5.94. The molecule has 0 radical (unpaired) electrons. The summed E-state index contributed by atoms with van der Waals surface area (Å²) in [6.45, 7) is 0. The summed E-state index contributed by atoms with van der Waals surface area (Å²) in [5.41, 5.74) is 1.07. The summed E-state index contributed by atoms with van der Waals surface area (Å²) in [4.78, 5) is 26.3. The first-order chi connectivity index (χ1) is 11.6. The van der Waals surface area contributed by atoms with Crippen LogP contribution in [0.25, 0.3) is 0 Å². The van der Waals surface area contributed by atoms with Gasteiger partial charge >= 0.3 is 0 Å². The number of piperidine rings is 1. The lowest BCUT2D eigenvalue weighted by Gasteiger charge is -2.38. The van der Waals surface area contributed by atoms with E-state index < -0.39 is 17.8 Å². The highest BCUT2D eigenvalue weighted by atomic mass is 19.1. The van der Waals surface area contributed by atoms with Crippen molar-refractivity contribution in [2.45, 2.75) is 18.9 Å². The summed E-state index contributed by atoms with van der Waals surface area (Å²) in [7, 11) is 1.63. The Morgan fingerprint density at radius 3 is 2.50 bits per heavy atom. The summed E-state index contributed by atoms with van der Waals surface area (Å²) in [5, 5.41) is 2.87. The van der Waals surface area contributed by atoms with E-state index in [0.29, 0.717) is 17.7 Å². The van der Waals surface area contributed by atoms with E-state index in [-0.39, 0.29) is 18.2 Å². The van der Waals surface area contributed by atoms with Crippen molar-refractivity contribution in [3.05, 3.63) is 66.0 Å². The van der Waals surface area contributed by atoms with Gasteiger partial charge in [-0.15, -0.1) is 0 Å². The fraction of sp³-hybridized carbons (Fsp3) is 0.263. The average molecular weight is 326 g/mol. The summed E-state index contributed by atoms with van der Waals surface area (Å²) in [5.74, 6) is -1.17. The molecule has 4 nitrogen and oxygen atoms in total. The van der Waals surface area contributed by atoms with Crippen LogP contribution in [-0.2, 0) is 9.59 Å². The number of carbonyl (C=O) groups excluding carboxylic acids is 2. The predicted molar refractivity (Wildman–Crippen MR) is 89.7 cm³/mol. The van der Waals surface area contributed by atoms with E-state index in [2.05, 4.69) is 5.32 Å². The molecule has 0 aromatic heterocycles. The van der Waals surface area contributed by atoms with E-state index in [0.717, 1.165) is 0 Å². The zero-order chi connectivity index (χ0) is 17.1. The van der Waals surface area contributed by atoms with Crippen LogP contribution in [0.3, 0.4) is 0 Å². The fourth-order valence-corrected chi connectivity index (χ4v) is 3.21. The highest BCUT2D eigenvalue weighted by Crippen LogP contribution is 2.37. The number of para-hydroxylation sites is 1. The molecule has 1 N–H and O–H groups in total. The minimum absolute atomic E-state index is 0.0768. The Bertz CT molecular complexity index is 748. The number of anilines is 1. The van der Waals surface area contributed by atoms with Gasteiger partial charge in [-0.1, -0.05) is 36.4 Å². The lowest BCUT2D eigenvalue weighted by molar-refractivity contribution is -0.140. The van der Waals surface area contributed by atoms with Crippen LogP contribution in [0.4, 0.5) is 10.1 Å². The summed E-state index contributed by atoms with van der Waals surface area (Å²) in [6.07, 6.45) is 0.690. The normalized spacial score (nSPS) is 20.8. The third kappa shape index (κ3) is 3.15. The monoisotopic (exact) mass is 326 g/mol. The van der Waals surface area contributed by atoms with Crippen molar-refractivity contribution in [2.24, 2.45) is 5.92 Å². The zero-order valence-electron chi connectivity index (χ0n) is 13.4. The van der Waals surface area contributed by atoms with Gasteiger partial charge in [-0.05, 0) is 24.6 Å². The Kier molecular flexibility index (Phi) is 4.60. The molecule has 1 aliphatic rings. The van der Waals surface area contributed by atoms with Gasteiger partial charge in [0.2, 0.25) is 11.8 Å². The molecule has 2 atom stereocenters. The zero-order valence-corrected chi connectivity index (χ0v) is 13.4. The lowest BCUT2D eigenvalue weighted by Crippen LogP contribution is -2.44. The molecule has 1 saturated heterocycles. The summed E-state index contributed by atoms with van der Waals surface area (Å²) in [6, 6.07) is 14.8. The van der Waals surface area contributed by atoms with Gasteiger partial charge in [-0.3, -0.25) is 9.59 Å². The van der Waals surface area contributed by atoms with Crippen LogP contribution in [0.2, 0.25) is 0 Å². The number of nitrogens with zero attached hydrogens (tertiary/aromatic N) is 1. The van der Waals surface area contributed by atoms with Crippen molar-refractivity contribution >= 4 is 17.5 Å². The number of likely N-dealkylation sites (tertiary alicyclic amines) is 1. The van der Waals surface area contributed by atoms with Gasteiger partial charge in [0.05, 0.1) is 12.0 Å². The molecule has 3 rings (SSSR count). The van der Waals surface area contributed by atoms with Gasteiger partial charge in [-0.2, -0.15) is 0 Å². The Morgan fingerprint density at radius 1 is 1.12 bits per heavy atom. The van der Waals surface area contributed by atoms with Gasteiger partial charge in [0, 0.05) is 24.7 Å². The van der Waals surface area contributed by atoms with Crippen LogP contribution < -0.4 is 5.32 Å². The van der Waals surface area contributed by atoms with E-state index in [1.165, 1.54) is 11.0 Å². The molecule has 2 aromatic rings. The van der Waals surface area contributed by atoms with E-state index in [1.54, 1.807) is 37.4 Å². The van der Waals surface area contributed by atoms with Gasteiger partial charge in [0.1, 0.15) is 5.82 Å². The number of nitrogens with one attached hydrogen (secondary N) is 1. The highest BCUT2D eigenvalue weighted by Gasteiger charge is 2.39. The maximum Gasteiger partial charge on any atom is 0.229 e. The quantitative estimate of drug-likeness (QED) is 0.940. The first-order valence-corrected chi connectivity index (χ1v) is 7.94. The molecule has 0 bridgehead atoms. The van der Waals surface area contributed by atoms with Gasteiger partial charge in [0.25, 0.3) is 0 Å². The van der Waals surface area contributed by atoms with Crippen molar-refractivity contribution in [3.63, 3.8) is 0 Å². The fourth-order valence-electron chi connectivity index (χ4n) is 3.21. The van der Waals surface area contributed by atoms with Crippen molar-refractivity contribution in [1.29, 1.82) is 0 Å². The molecule has 0 aliphatic carbocycles. The number of hydrogen-bond acceptors (Lipinski definition) is 2. The molecule has 1 aliphatic heterocycles. The number of carbonyl (C=O) groups is 2. The molecule has 0 spiro atoms. The minimum atomic E-state index is -0.601. The Labute approximate surface area is 140 Å². The number of rotatable bonds is 3. The molecule has 124 valence electrons. The SMILES string of the molecule is CN1C(=O)CC[C@@H](C(=O)Nc2ccccc2)[C@H]1c1ccccc1F. The number of benzene rings is 2. The number of hydrogen-bond donors (Lipinski definition) is 1. The van der Waals surface area contributed by atoms with Gasteiger partial charge in [0.15, 0.2) is 0 Å². The Balaban J connectivity index is 1.91. The molecular weight excluding hydrogens is 307 g/mol. The van der Waals surface area contributed by atoms with Crippen LogP contribution in [0.5, 0.6) is 0 Å². The van der Waals surface area contributed by atoms with Gasteiger partial charge in [-0.25, -0.2) is 4.39 Å². The van der Waals surface area contributed by atoms with Crippen LogP contribution >= 0.6 is 0 Å². The molecule has 0 saturated carbocycles. The topological polar surface area (TPSA) is 49.4 Å². The van der Waals surface area contributed by atoms with E-state index in [4.69, 9.17) is 0 Å². The molecule has 1 fully saturated rings. The van der Waals surface area contributed by atoms with Crippen molar-refractivity contribution in [3.8, 4) is 0 Å². The third-order valence-electron chi connectivity index (χ3n) is 4.46. The second kappa shape index (κ2) is 6.83. The van der Waals surface area contributed by atoms with Gasteiger partial charge < -0.3 is 10.2 Å². The average Bonchev–Trinajstić information content (AvgIpc) is 2.59. The molecule has 24 heavy (non-hydrogen) atoms. The van der Waals surface area contributed by atoms with Crippen LogP contribution in [0.1, 0.15) is 24.4 Å². The Hall–Kier alpha value is -2.69. The smallest absolute Gasteiger partial charge is 0.229 e. The van der Waals surface area contributed by atoms with Crippen LogP contribution in [-0.4, -0.2) is 23.8 Å². The minimum Gasteiger partial charge on any atom is -0.338 e. The molecule has 2 amide bonds. The van der Waals surface area contributed by atoms with Crippen molar-refractivity contribution in [2.75, 3.05) is 12.4 Å². The summed E-state index contributed by atoms with van der Waals surface area (Å²) < 4.78 is 14.3. The first kappa shape index (κ1) is 16.2. The maximum absolute atomic E-state index is 14.3. The molecule has 5 heteroatoms. The maximum atomic E-state index is 14.3. The lowest BCUT2D eigenvalue weighted by atomic mass is 9.83. The largest absolute Gasteiger partial charge is 0.338 e. The van der Waals surface area contributed by atoms with Crippen LogP contribution in [0, 0.1) is 11.7 Å². The number of amides is 2. The van der Waals surface area contributed by atoms with Crippen molar-refractivity contribution in [1.82, 2.24) is 4.90 Å². The third-order valence-corrected chi connectivity index (χ3v) is 4.46. The van der Waals surface area contributed by atoms with E-state index >= 15 is 0 Å². The van der Waals surface area contributed by atoms with Crippen molar-refractivity contribution < 1.29 is 14.0 Å². The standard InChI is InChI=1S/C19H19FN2O2/c1-22-17(23)12-11-15(18(22)14-9-5-6-10-16(14)20)19(24)21-13-7-3-2-4-8-13/h2-10,15,18H,11-12H2,1H3,(H,21,24)/t15-,18-/m1/s1. The molecular formula is C19H19FN2O2. The molecule has 2 aromatic carbocycles. The Morgan fingerprint density at radius 2 is 1.79 bits per heavy atom. The van der Waals surface area contributed by atoms with E-state index in [9.17, 15) is 14.0 Å². The molecule has 0 unspecified atom stereocenters. The second-order valence-electron chi connectivity index (χ2n) is 5.97. The van der Waals surface area contributed by atoms with E-state index in [1.807, 2.05) is 18.2 Å². The summed E-state index contributed by atoms with van der Waals surface area (Å²) >= 11 is 0. The number of halogens is 1. The van der Waals surface area contributed by atoms with Crippen LogP contribution in [0.15, 0.2) is 54.6 Å². The predicted octanol–water partition coefficient (Wildman–Crippen LogP) is 3.37. The second-order valence-corrected chi connectivity index (χ2v) is 5.97. The first-order valence-electron chi connectivity index (χ1n) is 7.94.